The number of carboxylic acids is 1. The number of esters is 1. The highest BCUT2D eigenvalue weighted by molar-refractivity contribution is 8.77. The molecule has 4 N–H and O–H groups in total. The highest BCUT2D eigenvalue weighted by Crippen LogP contribution is 2.37. The topological polar surface area (TPSA) is 139 Å². The fourth-order valence-corrected chi connectivity index (χ4v) is 5.91. The molecule has 1 amide bonds. The molecule has 1 aliphatic heterocycles. The van der Waals surface area contributed by atoms with Crippen molar-refractivity contribution in [2.75, 3.05) is 32.5 Å². The Kier molecular flexibility index (Phi) is 12.7. The smallest absolute Gasteiger partial charge is 0.327 e. The van der Waals surface area contributed by atoms with Crippen molar-refractivity contribution in [1.29, 1.82) is 0 Å². The Bertz CT molecular complexity index is 833. The average Bonchev–Trinajstić information content (AvgIpc) is 2.80. The van der Waals surface area contributed by atoms with Crippen molar-refractivity contribution in [3.8, 4) is 0 Å². The molecule has 3 atom stereocenters. The van der Waals surface area contributed by atoms with Crippen LogP contribution in [0.4, 0.5) is 4.39 Å². The molecule has 0 radical (unpaired) electrons. The highest BCUT2D eigenvalue weighted by atomic mass is 33.1. The van der Waals surface area contributed by atoms with E-state index >= 15 is 0 Å². The van der Waals surface area contributed by atoms with Crippen LogP contribution in [0.25, 0.3) is 0 Å². The van der Waals surface area contributed by atoms with E-state index in [2.05, 4.69) is 18.5 Å². The first kappa shape index (κ1) is 28.6. The second kappa shape index (κ2) is 14.7. The molecule has 1 aliphatic rings. The molecule has 0 bridgehead atoms. The maximum absolute atomic E-state index is 14.3. The van der Waals surface area contributed by atoms with E-state index in [1.165, 1.54) is 40.8 Å². The fraction of sp³-hybridized carbons (Fsp3) is 0.429. The molecular weight excluding hydrogens is 473 g/mol. The molecule has 33 heavy (non-hydrogen) atoms. The largest absolute Gasteiger partial charge is 0.480 e. The van der Waals surface area contributed by atoms with Crippen LogP contribution in [0.5, 0.6) is 0 Å². The van der Waals surface area contributed by atoms with Gasteiger partial charge in [-0.25, -0.2) is 9.18 Å². The van der Waals surface area contributed by atoms with Crippen LogP contribution >= 0.6 is 21.6 Å². The monoisotopic (exact) mass is 501 g/mol. The Morgan fingerprint density at radius 2 is 2.09 bits per heavy atom. The summed E-state index contributed by atoms with van der Waals surface area (Å²) in [6.07, 6.45) is 4.81. The predicted octanol–water partition coefficient (Wildman–Crippen LogP) is 1.23. The van der Waals surface area contributed by atoms with E-state index in [0.717, 1.165) is 6.08 Å². The van der Waals surface area contributed by atoms with E-state index in [4.69, 9.17) is 15.6 Å². The van der Waals surface area contributed by atoms with Crippen LogP contribution in [-0.2, 0) is 23.9 Å². The number of methoxy groups -OCH3 is 1. The molecule has 0 spiro atoms. The summed E-state index contributed by atoms with van der Waals surface area (Å²) >= 11 is 0. The Morgan fingerprint density at radius 3 is 2.64 bits per heavy atom. The molecular formula is C21H28FN3O6S2. The standard InChI is InChI=1S/C21H28FN3O6S2/c1-4-14(15(22)5-2)19(21(30)31-3)25-8-6-17(13(11-25)7-9-26)33-32-12-16(23)20(29)24-10-18(27)28/h4-5,7,9,16-17,19H,1-2,6,8,10-12,23H2,3H3,(H,24,29)(H,27,28)/b13-7-,15-14-. The van der Waals surface area contributed by atoms with Gasteiger partial charge in [0.1, 0.15) is 24.7 Å². The lowest BCUT2D eigenvalue weighted by Gasteiger charge is -2.38. The Labute approximate surface area is 199 Å². The van der Waals surface area contributed by atoms with Gasteiger partial charge in [-0.2, -0.15) is 0 Å². The summed E-state index contributed by atoms with van der Waals surface area (Å²) in [5.74, 6) is -2.86. The number of likely N-dealkylation sites (tertiary alicyclic amines) is 1. The third-order valence-electron chi connectivity index (χ3n) is 4.70. The van der Waals surface area contributed by atoms with E-state index in [0.29, 0.717) is 24.8 Å². The van der Waals surface area contributed by atoms with Crippen molar-refractivity contribution in [2.24, 2.45) is 5.73 Å². The number of carboxylic acid groups (broad SMARTS) is 1. The van der Waals surface area contributed by atoms with Crippen LogP contribution in [0.3, 0.4) is 0 Å². The maximum Gasteiger partial charge on any atom is 0.327 e. The van der Waals surface area contributed by atoms with Gasteiger partial charge in [0, 0.05) is 29.7 Å². The number of hydrogen-bond donors (Lipinski definition) is 3. The summed E-state index contributed by atoms with van der Waals surface area (Å²) in [5, 5.41) is 10.7. The molecule has 0 aromatic carbocycles. The van der Waals surface area contributed by atoms with Crippen molar-refractivity contribution in [2.45, 2.75) is 23.8 Å². The number of allylic oxidation sites excluding steroid dienone is 3. The van der Waals surface area contributed by atoms with Crippen LogP contribution in [0.1, 0.15) is 6.42 Å². The van der Waals surface area contributed by atoms with Crippen molar-refractivity contribution in [3.05, 3.63) is 48.4 Å². The van der Waals surface area contributed by atoms with E-state index < -0.39 is 42.3 Å². The maximum atomic E-state index is 14.3. The second-order valence-corrected chi connectivity index (χ2v) is 9.48. The quantitative estimate of drug-likeness (QED) is 0.111. The first-order valence-corrected chi connectivity index (χ1v) is 12.2. The van der Waals surface area contributed by atoms with Gasteiger partial charge >= 0.3 is 11.9 Å². The van der Waals surface area contributed by atoms with Gasteiger partial charge in [0.25, 0.3) is 0 Å². The third-order valence-corrected chi connectivity index (χ3v) is 7.62. The van der Waals surface area contributed by atoms with Crippen LogP contribution in [0, 0.1) is 0 Å². The van der Waals surface area contributed by atoms with Crippen LogP contribution in [0.2, 0.25) is 0 Å². The molecule has 1 rings (SSSR count). The summed E-state index contributed by atoms with van der Waals surface area (Å²) in [7, 11) is 3.94. The lowest BCUT2D eigenvalue weighted by atomic mass is 9.97. The van der Waals surface area contributed by atoms with Gasteiger partial charge in [-0.3, -0.25) is 19.3 Å². The van der Waals surface area contributed by atoms with Gasteiger partial charge in [0.15, 0.2) is 0 Å². The van der Waals surface area contributed by atoms with E-state index in [-0.39, 0.29) is 23.1 Å². The van der Waals surface area contributed by atoms with Crippen LogP contribution in [-0.4, -0.2) is 84.0 Å². The van der Waals surface area contributed by atoms with Gasteiger partial charge in [-0.05, 0) is 24.1 Å². The number of rotatable bonds is 13. The average molecular weight is 502 g/mol. The normalized spacial score (nSPS) is 20.2. The molecule has 0 saturated carbocycles. The molecule has 0 aromatic heterocycles. The van der Waals surface area contributed by atoms with Crippen LogP contribution < -0.4 is 11.1 Å². The van der Waals surface area contributed by atoms with Crippen LogP contribution in [0.15, 0.2) is 48.4 Å². The minimum atomic E-state index is -1.17. The molecule has 0 aliphatic carbocycles. The van der Waals surface area contributed by atoms with Gasteiger partial charge in [-0.15, -0.1) is 0 Å². The number of hydrogen-bond acceptors (Lipinski definition) is 9. The summed E-state index contributed by atoms with van der Waals surface area (Å²) in [6, 6.07) is -1.95. The number of ether oxygens (including phenoxy) is 1. The first-order chi connectivity index (χ1) is 15.7. The van der Waals surface area contributed by atoms with Crippen molar-refractivity contribution < 1.29 is 33.4 Å². The zero-order valence-electron chi connectivity index (χ0n) is 18.2. The van der Waals surface area contributed by atoms with Gasteiger partial charge in [-0.1, -0.05) is 40.8 Å². The number of halogens is 1. The van der Waals surface area contributed by atoms with E-state index in [9.17, 15) is 23.6 Å². The van der Waals surface area contributed by atoms with Crippen molar-refractivity contribution in [1.82, 2.24) is 10.2 Å². The lowest BCUT2D eigenvalue weighted by molar-refractivity contribution is -0.145. The molecule has 1 fully saturated rings. The summed E-state index contributed by atoms with van der Waals surface area (Å²) < 4.78 is 19.2. The zero-order chi connectivity index (χ0) is 25.0. The number of carbonyl (C=O) groups is 4. The second-order valence-electron chi connectivity index (χ2n) is 6.86. The Balaban J connectivity index is 2.87. The van der Waals surface area contributed by atoms with Gasteiger partial charge in [0.05, 0.1) is 13.2 Å². The third kappa shape index (κ3) is 8.80. The number of aliphatic carboxylic acids is 1. The number of piperidine rings is 1. The molecule has 1 saturated heterocycles. The fourth-order valence-electron chi connectivity index (χ4n) is 3.07. The predicted molar refractivity (Wildman–Crippen MR) is 127 cm³/mol. The molecule has 182 valence electrons. The SMILES string of the molecule is C=C/C(F)=C(\C=C)C(C(=O)OC)N1CCC(SSCC(N)C(=O)NCC(=O)O)/C(=C\C=O)C1. The lowest BCUT2D eigenvalue weighted by Crippen LogP contribution is -2.48. The number of amides is 1. The van der Waals surface area contributed by atoms with Crippen molar-refractivity contribution in [3.63, 3.8) is 0 Å². The Morgan fingerprint density at radius 1 is 1.39 bits per heavy atom. The van der Waals surface area contributed by atoms with Crippen molar-refractivity contribution >= 4 is 45.7 Å². The zero-order valence-corrected chi connectivity index (χ0v) is 19.8. The molecule has 1 heterocycles. The minimum Gasteiger partial charge on any atom is -0.480 e. The number of nitrogens with zero attached hydrogens (tertiary/aromatic N) is 1. The summed E-state index contributed by atoms with van der Waals surface area (Å²) in [4.78, 5) is 47.7. The molecule has 12 heteroatoms. The van der Waals surface area contributed by atoms with E-state index in [1.54, 1.807) is 4.90 Å². The number of nitrogens with two attached hydrogens (primary N) is 1. The minimum absolute atomic E-state index is 0.0288. The number of nitrogens with one attached hydrogen (secondary N) is 1. The molecule has 0 aromatic rings. The van der Waals surface area contributed by atoms with E-state index in [1.807, 2.05) is 0 Å². The highest BCUT2D eigenvalue weighted by Gasteiger charge is 2.36. The number of aldehydes is 1. The summed E-state index contributed by atoms with van der Waals surface area (Å²) in [6.45, 7) is 7.09. The molecule has 9 nitrogen and oxygen atoms in total. The van der Waals surface area contributed by atoms with Gasteiger partial charge in [0.2, 0.25) is 5.91 Å². The Hall–Kier alpha value is -2.41. The first-order valence-electron chi connectivity index (χ1n) is 9.84. The number of carbonyl (C=O) groups excluding carboxylic acids is 3. The van der Waals surface area contributed by atoms with Gasteiger partial charge < -0.3 is 20.9 Å². The summed E-state index contributed by atoms with van der Waals surface area (Å²) in [5.41, 5.74) is 6.53. The molecule has 3 unspecified atom stereocenters.